The van der Waals surface area contributed by atoms with Gasteiger partial charge in [0.1, 0.15) is 5.60 Å². The fraction of sp³-hybridized carbons (Fsp3) is 0.600. The van der Waals surface area contributed by atoms with Crippen LogP contribution in [0.2, 0.25) is 0 Å². The van der Waals surface area contributed by atoms with Gasteiger partial charge in [-0.05, 0) is 13.8 Å². The van der Waals surface area contributed by atoms with Crippen LogP contribution in [-0.2, 0) is 21.0 Å². The molecule has 5 nitrogen and oxygen atoms in total. The van der Waals surface area contributed by atoms with E-state index in [2.05, 4.69) is 0 Å². The monoisotopic (exact) mass is 201 g/mol. The Morgan fingerprint density at radius 3 is 1.45 bits per heavy atom. The van der Waals surface area contributed by atoms with E-state index in [1.54, 1.807) is 0 Å². The summed E-state index contributed by atoms with van der Waals surface area (Å²) in [6, 6.07) is 0. The van der Waals surface area contributed by atoms with Crippen LogP contribution in [0.15, 0.2) is 11.7 Å². The van der Waals surface area contributed by atoms with Crippen LogP contribution >= 0.6 is 0 Å². The molecule has 0 heterocycles. The molecule has 0 bridgehead atoms. The third kappa shape index (κ3) is 5.91. The van der Waals surface area contributed by atoms with Crippen molar-refractivity contribution < 1.29 is 41.5 Å². The second-order valence-corrected chi connectivity index (χ2v) is 2.23. The van der Waals surface area contributed by atoms with Crippen molar-refractivity contribution in [3.8, 4) is 0 Å². The molecule has 0 saturated carbocycles. The summed E-state index contributed by atoms with van der Waals surface area (Å²) in [6.45, 7) is 2.46. The predicted octanol–water partition coefficient (Wildman–Crippen LogP) is 0.479. The van der Waals surface area contributed by atoms with Gasteiger partial charge >= 0.3 is 27.0 Å². The Bertz CT molecular complexity index is 143. The van der Waals surface area contributed by atoms with Gasteiger partial charge < -0.3 is 20.4 Å². The van der Waals surface area contributed by atoms with E-state index in [1.165, 1.54) is 13.8 Å². The molecule has 0 aromatic rings. The van der Waals surface area contributed by atoms with E-state index in [-0.39, 0.29) is 0 Å². The van der Waals surface area contributed by atoms with Gasteiger partial charge in [0.2, 0.25) is 5.76 Å². The Morgan fingerprint density at radius 2 is 1.45 bits per heavy atom. The molecule has 0 aliphatic rings. The van der Waals surface area contributed by atoms with Crippen LogP contribution < -0.4 is 0 Å². The van der Waals surface area contributed by atoms with Crippen molar-refractivity contribution in [1.29, 1.82) is 0 Å². The Hall–Kier alpha value is -0.516. The summed E-state index contributed by atoms with van der Waals surface area (Å²) in [5.41, 5.74) is -1.58. The molecule has 0 saturated heterocycles. The first-order valence-corrected chi connectivity index (χ1v) is 3.15. The quantitative estimate of drug-likeness (QED) is 0.462. The van der Waals surface area contributed by atoms with Crippen LogP contribution in [0.1, 0.15) is 13.8 Å². The molecule has 0 atom stereocenters. The van der Waals surface area contributed by atoms with E-state index >= 15 is 0 Å². The Labute approximate surface area is 73.2 Å². The molecule has 6 heteroatoms. The summed E-state index contributed by atoms with van der Waals surface area (Å²) in [6.07, 6.45) is 0. The molecule has 0 rings (SSSR count). The second-order valence-electron chi connectivity index (χ2n) is 2.23. The van der Waals surface area contributed by atoms with Crippen LogP contribution in [-0.4, -0.2) is 26.0 Å². The summed E-state index contributed by atoms with van der Waals surface area (Å²) < 4.78 is 8.19. The predicted molar refractivity (Wildman–Crippen MR) is 31.9 cm³/mol. The van der Waals surface area contributed by atoms with Gasteiger partial charge in [-0.15, -0.1) is 0 Å². The fourth-order valence-electron chi connectivity index (χ4n) is 0.274. The van der Waals surface area contributed by atoms with Gasteiger partial charge in [-0.2, -0.15) is 0 Å². The second kappa shape index (κ2) is 5.18. The van der Waals surface area contributed by atoms with Gasteiger partial charge in [0, 0.05) is 0 Å². The van der Waals surface area contributed by atoms with E-state index in [1.807, 2.05) is 0 Å². The van der Waals surface area contributed by atoms with Crippen molar-refractivity contribution in [3.05, 3.63) is 11.7 Å². The third-order valence-corrected chi connectivity index (χ3v) is 0.791. The van der Waals surface area contributed by atoms with Crippen LogP contribution in [0.3, 0.4) is 0 Å². The first-order valence-electron chi connectivity index (χ1n) is 2.58. The molecule has 0 aliphatic heterocycles. The standard InChI is InChI=1S/C5H10O4.O.V/c1-5(2,9)3(6)4(7)8;;/h6-9H,1-2H3;;. The molecule has 4 N–H and O–H groups in total. The zero-order valence-corrected chi connectivity index (χ0v) is 7.54. The molecule has 0 amide bonds. The Morgan fingerprint density at radius 1 is 1.18 bits per heavy atom. The normalized spacial score (nSPS) is 9.27. The summed E-state index contributed by atoms with van der Waals surface area (Å²) in [4.78, 5) is 0. The number of rotatable bonds is 1. The van der Waals surface area contributed by atoms with Crippen LogP contribution in [0.4, 0.5) is 0 Å². The Kier molecular flexibility index (Phi) is 6.17. The topological polar surface area (TPSA) is 98.0 Å². The van der Waals surface area contributed by atoms with Gasteiger partial charge in [0.25, 0.3) is 0 Å². The van der Waals surface area contributed by atoms with Gasteiger partial charge in [0.05, 0.1) is 0 Å². The van der Waals surface area contributed by atoms with E-state index in [0.717, 1.165) is 17.4 Å². The molecule has 0 radical (unpaired) electrons. The molecule has 0 aromatic heterocycles. The average Bonchev–Trinajstić information content (AvgIpc) is 1.89. The molecular formula is C5H10O5V. The zero-order chi connectivity index (χ0) is 9.65. The maximum atomic E-state index is 8.83. The van der Waals surface area contributed by atoms with Gasteiger partial charge in [-0.1, -0.05) is 0 Å². The van der Waals surface area contributed by atoms with Crippen molar-refractivity contribution in [2.45, 2.75) is 19.4 Å². The van der Waals surface area contributed by atoms with Crippen molar-refractivity contribution in [2.24, 2.45) is 0 Å². The van der Waals surface area contributed by atoms with Crippen molar-refractivity contribution in [1.82, 2.24) is 0 Å². The minimum absolute atomic E-state index is 0.831. The van der Waals surface area contributed by atoms with Crippen LogP contribution in [0, 0.1) is 0 Å². The van der Waals surface area contributed by atoms with Crippen molar-refractivity contribution in [2.75, 3.05) is 0 Å². The average molecular weight is 201 g/mol. The number of hydrogen-bond donors (Lipinski definition) is 4. The first kappa shape index (κ1) is 13.1. The molecular weight excluding hydrogens is 191 g/mol. The van der Waals surface area contributed by atoms with Crippen molar-refractivity contribution in [3.63, 3.8) is 0 Å². The molecule has 0 aromatic carbocycles. The molecule has 0 aliphatic carbocycles. The number of aliphatic hydroxyl groups is 4. The fourth-order valence-corrected chi connectivity index (χ4v) is 0.274. The maximum absolute atomic E-state index is 8.83. The van der Waals surface area contributed by atoms with Gasteiger partial charge in [-0.25, -0.2) is 0 Å². The van der Waals surface area contributed by atoms with E-state index in [4.69, 9.17) is 24.1 Å². The first-order chi connectivity index (χ1) is 4.85. The number of aliphatic hydroxyl groups excluding tert-OH is 2. The van der Waals surface area contributed by atoms with Crippen LogP contribution in [0.5, 0.6) is 0 Å². The molecule has 11 heavy (non-hydrogen) atoms. The number of hydrogen-bond acceptors (Lipinski definition) is 5. The minimum atomic E-state index is -1.58. The van der Waals surface area contributed by atoms with Gasteiger partial charge in [0.15, 0.2) is 0 Å². The SMILES string of the molecule is CC(C)(O)C(O)=C(O)O.[O]=[V]. The molecule has 0 fully saturated rings. The van der Waals surface area contributed by atoms with E-state index < -0.39 is 17.3 Å². The van der Waals surface area contributed by atoms with E-state index in [0.29, 0.717) is 0 Å². The van der Waals surface area contributed by atoms with E-state index in [9.17, 15) is 0 Å². The molecule has 0 spiro atoms. The summed E-state index contributed by atoms with van der Waals surface area (Å²) >= 11 is 1.06. The summed E-state index contributed by atoms with van der Waals surface area (Å²) in [5, 5.41) is 33.8. The third-order valence-electron chi connectivity index (χ3n) is 0.791. The molecule has 65 valence electrons. The zero-order valence-electron chi connectivity index (χ0n) is 6.14. The van der Waals surface area contributed by atoms with Gasteiger partial charge in [-0.3, -0.25) is 0 Å². The van der Waals surface area contributed by atoms with Crippen molar-refractivity contribution >= 4 is 0 Å². The summed E-state index contributed by atoms with van der Waals surface area (Å²) in [7, 11) is 0. The molecule has 0 unspecified atom stereocenters. The van der Waals surface area contributed by atoms with Crippen LogP contribution in [0.25, 0.3) is 0 Å². The summed E-state index contributed by atoms with van der Waals surface area (Å²) in [5.74, 6) is -2.08. The Balaban J connectivity index is 0.